The minimum atomic E-state index is -4.94. The van der Waals surface area contributed by atoms with Gasteiger partial charge in [0.2, 0.25) is 0 Å². The molecule has 17 heavy (non-hydrogen) atoms. The summed E-state index contributed by atoms with van der Waals surface area (Å²) >= 11 is 0. The largest absolute Gasteiger partial charge is 0.573 e. The molecule has 1 unspecified atom stereocenters. The van der Waals surface area contributed by atoms with Crippen LogP contribution in [0.2, 0.25) is 0 Å². The summed E-state index contributed by atoms with van der Waals surface area (Å²) in [7, 11) is 0. The number of hydrogen-bond acceptors (Lipinski definition) is 3. The van der Waals surface area contributed by atoms with Gasteiger partial charge in [-0.05, 0) is 19.1 Å². The fraction of sp³-hybridized carbons (Fsp3) is 0.300. The topological polar surface area (TPSA) is 66.8 Å². The molecule has 0 amide bonds. The van der Waals surface area contributed by atoms with Crippen LogP contribution in [0.5, 0.6) is 5.75 Å². The summed E-state index contributed by atoms with van der Waals surface area (Å²) in [4.78, 5) is 10.5. The lowest BCUT2D eigenvalue weighted by Crippen LogP contribution is -2.20. The Hall–Kier alpha value is -1.76. The van der Waals surface area contributed by atoms with Gasteiger partial charge in [-0.1, -0.05) is 11.6 Å². The van der Waals surface area contributed by atoms with Gasteiger partial charge in [-0.3, -0.25) is 0 Å². The molecule has 2 N–H and O–H groups in total. The molecule has 1 aromatic carbocycles. The maximum Gasteiger partial charge on any atom is 0.573 e. The molecule has 0 heterocycles. The normalized spacial score (nSPS) is 13.2. The van der Waals surface area contributed by atoms with Crippen molar-refractivity contribution in [3.63, 3.8) is 0 Å². The van der Waals surface area contributed by atoms with Crippen molar-refractivity contribution >= 4 is 5.97 Å². The van der Waals surface area contributed by atoms with E-state index < -0.39 is 29.7 Å². The van der Waals surface area contributed by atoms with Crippen molar-refractivity contribution in [3.8, 4) is 5.75 Å². The predicted octanol–water partition coefficient (Wildman–Crippen LogP) is 2.01. The molecule has 1 rings (SSSR count). The number of ether oxygens (including phenoxy) is 1. The molecule has 0 saturated heterocycles. The van der Waals surface area contributed by atoms with Crippen LogP contribution in [0.15, 0.2) is 18.2 Å². The van der Waals surface area contributed by atoms with E-state index in [1.165, 1.54) is 6.07 Å². The third-order valence-electron chi connectivity index (χ3n) is 1.92. The smallest absolute Gasteiger partial charge is 0.479 e. The number of aliphatic hydroxyl groups excluding tert-OH is 1. The van der Waals surface area contributed by atoms with Gasteiger partial charge in [0, 0.05) is 5.56 Å². The summed E-state index contributed by atoms with van der Waals surface area (Å²) < 4.78 is 39.7. The second-order valence-corrected chi connectivity index (χ2v) is 3.33. The van der Waals surface area contributed by atoms with Crippen LogP contribution in [0.4, 0.5) is 13.2 Å². The highest BCUT2D eigenvalue weighted by atomic mass is 19.4. The number of alkyl halides is 3. The molecule has 7 heteroatoms. The quantitative estimate of drug-likeness (QED) is 0.861. The average Bonchev–Trinajstić information content (AvgIpc) is 2.17. The molecular formula is C10H9F3O4. The zero-order valence-electron chi connectivity index (χ0n) is 8.65. The fourth-order valence-electron chi connectivity index (χ4n) is 1.23. The first-order chi connectivity index (χ1) is 7.70. The number of halogens is 3. The Morgan fingerprint density at radius 1 is 1.41 bits per heavy atom. The van der Waals surface area contributed by atoms with Crippen molar-refractivity contribution in [2.75, 3.05) is 0 Å². The van der Waals surface area contributed by atoms with Crippen molar-refractivity contribution in [1.82, 2.24) is 0 Å². The summed E-state index contributed by atoms with van der Waals surface area (Å²) in [5.41, 5.74) is 0.0737. The van der Waals surface area contributed by atoms with Crippen LogP contribution in [0.1, 0.15) is 17.2 Å². The Morgan fingerprint density at radius 2 is 2.00 bits per heavy atom. The molecule has 0 radical (unpaired) electrons. The van der Waals surface area contributed by atoms with Gasteiger partial charge in [-0.25, -0.2) is 4.79 Å². The monoisotopic (exact) mass is 250 g/mol. The average molecular weight is 250 g/mol. The number of carboxylic acid groups (broad SMARTS) is 1. The van der Waals surface area contributed by atoms with E-state index in [9.17, 15) is 23.1 Å². The minimum absolute atomic E-state index is 0.435. The first kappa shape index (κ1) is 13.3. The van der Waals surface area contributed by atoms with Gasteiger partial charge in [-0.15, -0.1) is 13.2 Å². The number of aryl methyl sites for hydroxylation is 1. The van der Waals surface area contributed by atoms with Crippen molar-refractivity contribution in [1.29, 1.82) is 0 Å². The molecule has 0 aliphatic heterocycles. The second kappa shape index (κ2) is 4.62. The van der Waals surface area contributed by atoms with E-state index in [0.29, 0.717) is 5.56 Å². The highest BCUT2D eigenvalue weighted by Gasteiger charge is 2.33. The van der Waals surface area contributed by atoms with Crippen LogP contribution < -0.4 is 4.74 Å². The Balaban J connectivity index is 3.17. The van der Waals surface area contributed by atoms with Gasteiger partial charge < -0.3 is 14.9 Å². The fourth-order valence-corrected chi connectivity index (χ4v) is 1.23. The van der Waals surface area contributed by atoms with Crippen LogP contribution in [0.25, 0.3) is 0 Å². The first-order valence-corrected chi connectivity index (χ1v) is 4.48. The summed E-state index contributed by atoms with van der Waals surface area (Å²) in [6.07, 6.45) is -7.00. The predicted molar refractivity (Wildman–Crippen MR) is 50.5 cm³/mol. The standard InChI is InChI=1S/C10H9F3O4/c1-5-2-3-7(17-10(11,12)13)6(4-5)8(14)9(15)16/h2-4,8,14H,1H3,(H,15,16). The van der Waals surface area contributed by atoms with Crippen molar-refractivity contribution < 1.29 is 32.9 Å². The molecule has 0 fully saturated rings. The maximum absolute atomic E-state index is 12.0. The van der Waals surface area contributed by atoms with Gasteiger partial charge in [0.1, 0.15) is 5.75 Å². The molecule has 4 nitrogen and oxygen atoms in total. The van der Waals surface area contributed by atoms with E-state index in [1.807, 2.05) is 0 Å². The third-order valence-corrected chi connectivity index (χ3v) is 1.92. The molecule has 0 aromatic heterocycles. The lowest BCUT2D eigenvalue weighted by Gasteiger charge is -2.15. The highest BCUT2D eigenvalue weighted by molar-refractivity contribution is 5.75. The molecule has 94 valence electrons. The number of carbonyl (C=O) groups is 1. The molecule has 0 spiro atoms. The van der Waals surface area contributed by atoms with Crippen LogP contribution in [-0.2, 0) is 4.79 Å². The number of hydrogen-bond donors (Lipinski definition) is 2. The van der Waals surface area contributed by atoms with Gasteiger partial charge in [-0.2, -0.15) is 0 Å². The van der Waals surface area contributed by atoms with E-state index in [-0.39, 0.29) is 0 Å². The van der Waals surface area contributed by atoms with Crippen LogP contribution in [0.3, 0.4) is 0 Å². The minimum Gasteiger partial charge on any atom is -0.479 e. The van der Waals surface area contributed by atoms with E-state index in [1.54, 1.807) is 6.92 Å². The number of aliphatic carboxylic acids is 1. The molecule has 0 saturated carbocycles. The second-order valence-electron chi connectivity index (χ2n) is 3.33. The Morgan fingerprint density at radius 3 is 2.47 bits per heavy atom. The number of rotatable bonds is 3. The van der Waals surface area contributed by atoms with Crippen molar-refractivity contribution in [2.24, 2.45) is 0 Å². The molecular weight excluding hydrogens is 241 g/mol. The molecule has 1 atom stereocenters. The summed E-state index contributed by atoms with van der Waals surface area (Å²) in [5.74, 6) is -2.37. The van der Waals surface area contributed by atoms with Gasteiger partial charge in [0.05, 0.1) is 0 Å². The lowest BCUT2D eigenvalue weighted by molar-refractivity contribution is -0.275. The summed E-state index contributed by atoms with van der Waals surface area (Å²) in [6.45, 7) is 1.55. The first-order valence-electron chi connectivity index (χ1n) is 4.48. The van der Waals surface area contributed by atoms with E-state index >= 15 is 0 Å². The maximum atomic E-state index is 12.0. The lowest BCUT2D eigenvalue weighted by atomic mass is 10.1. The van der Waals surface area contributed by atoms with E-state index in [2.05, 4.69) is 4.74 Å². The number of benzene rings is 1. The Labute approximate surface area is 94.3 Å². The third kappa shape index (κ3) is 3.63. The van der Waals surface area contributed by atoms with Gasteiger partial charge in [0.15, 0.2) is 6.10 Å². The van der Waals surface area contributed by atoms with Crippen LogP contribution in [-0.4, -0.2) is 22.5 Å². The van der Waals surface area contributed by atoms with Crippen molar-refractivity contribution in [2.45, 2.75) is 19.4 Å². The summed E-state index contributed by atoms with van der Waals surface area (Å²) in [5, 5.41) is 17.8. The Bertz CT molecular complexity index is 428. The summed E-state index contributed by atoms with van der Waals surface area (Å²) in [6, 6.07) is 3.41. The Kier molecular flexibility index (Phi) is 3.62. The zero-order valence-corrected chi connectivity index (χ0v) is 8.65. The van der Waals surface area contributed by atoms with E-state index in [0.717, 1.165) is 12.1 Å². The van der Waals surface area contributed by atoms with Gasteiger partial charge in [0.25, 0.3) is 0 Å². The van der Waals surface area contributed by atoms with E-state index in [4.69, 9.17) is 5.11 Å². The SMILES string of the molecule is Cc1ccc(OC(F)(F)F)c(C(O)C(=O)O)c1. The molecule has 0 aliphatic rings. The van der Waals surface area contributed by atoms with Crippen molar-refractivity contribution in [3.05, 3.63) is 29.3 Å². The van der Waals surface area contributed by atoms with Crippen LogP contribution in [0, 0.1) is 6.92 Å². The molecule has 0 aliphatic carbocycles. The molecule has 1 aromatic rings. The highest BCUT2D eigenvalue weighted by Crippen LogP contribution is 2.31. The van der Waals surface area contributed by atoms with Crippen LogP contribution >= 0.6 is 0 Å². The number of aliphatic hydroxyl groups is 1. The number of carboxylic acids is 1. The zero-order chi connectivity index (χ0) is 13.2. The molecule has 0 bridgehead atoms. The van der Waals surface area contributed by atoms with Gasteiger partial charge >= 0.3 is 12.3 Å².